The average Bonchev–Trinajstić information content (AvgIpc) is 3.06. The van der Waals surface area contributed by atoms with Crippen LogP contribution in [0.25, 0.3) is 0 Å². The summed E-state index contributed by atoms with van der Waals surface area (Å²) in [6.45, 7) is 6.71. The minimum absolute atomic E-state index is 0.00675. The fourth-order valence-electron chi connectivity index (χ4n) is 2.31. The molecule has 116 valence electrons. The third-order valence-electron chi connectivity index (χ3n) is 3.45. The monoisotopic (exact) mass is 310 g/mol. The van der Waals surface area contributed by atoms with E-state index < -0.39 is 5.60 Å². The quantitative estimate of drug-likeness (QED) is 0.844. The molecule has 21 heavy (non-hydrogen) atoms. The minimum Gasteiger partial charge on any atom is -0.444 e. The van der Waals surface area contributed by atoms with Gasteiger partial charge >= 0.3 is 6.09 Å². The molecule has 1 atom stereocenters. The Morgan fingerprint density at radius 2 is 2.14 bits per heavy atom. The summed E-state index contributed by atoms with van der Waals surface area (Å²) in [5, 5.41) is 3.74. The van der Waals surface area contributed by atoms with Gasteiger partial charge in [0.15, 0.2) is 0 Å². The predicted octanol–water partition coefficient (Wildman–Crippen LogP) is 2.83. The van der Waals surface area contributed by atoms with Gasteiger partial charge in [-0.05, 0) is 38.6 Å². The van der Waals surface area contributed by atoms with Crippen LogP contribution in [-0.2, 0) is 4.74 Å². The van der Waals surface area contributed by atoms with Crippen LogP contribution in [0.3, 0.4) is 0 Å². The number of nitrogens with zero attached hydrogens (tertiary/aromatic N) is 2. The predicted molar refractivity (Wildman–Crippen MR) is 82.6 cm³/mol. The van der Waals surface area contributed by atoms with E-state index >= 15 is 0 Å². The zero-order valence-corrected chi connectivity index (χ0v) is 13.8. The summed E-state index contributed by atoms with van der Waals surface area (Å²) in [4.78, 5) is 27.7. The summed E-state index contributed by atoms with van der Waals surface area (Å²) >= 11 is 1.51. The van der Waals surface area contributed by atoms with Crippen LogP contribution in [0.5, 0.6) is 0 Å². The van der Waals surface area contributed by atoms with Gasteiger partial charge in [-0.1, -0.05) is 0 Å². The van der Waals surface area contributed by atoms with Crippen LogP contribution in [0.4, 0.5) is 4.79 Å². The Morgan fingerprint density at radius 3 is 2.71 bits per heavy atom. The molecule has 0 spiro atoms. The van der Waals surface area contributed by atoms with Crippen molar-refractivity contribution in [1.29, 1.82) is 0 Å². The first-order chi connectivity index (χ1) is 9.78. The summed E-state index contributed by atoms with van der Waals surface area (Å²) in [6, 6.07) is 1.87. The molecule has 0 radical (unpaired) electrons. The highest BCUT2D eigenvalue weighted by Gasteiger charge is 2.33. The van der Waals surface area contributed by atoms with Crippen molar-refractivity contribution in [2.24, 2.45) is 0 Å². The molecule has 1 aliphatic heterocycles. The number of carbonyl (C=O) groups is 2. The highest BCUT2D eigenvalue weighted by atomic mass is 32.1. The van der Waals surface area contributed by atoms with E-state index in [0.717, 1.165) is 6.42 Å². The minimum atomic E-state index is -0.492. The molecule has 0 bridgehead atoms. The smallest absolute Gasteiger partial charge is 0.410 e. The molecule has 0 saturated carbocycles. The fourth-order valence-corrected chi connectivity index (χ4v) is 2.94. The van der Waals surface area contributed by atoms with Crippen LogP contribution in [0.2, 0.25) is 0 Å². The van der Waals surface area contributed by atoms with Crippen molar-refractivity contribution < 1.29 is 14.3 Å². The Balaban J connectivity index is 1.93. The number of amides is 2. The average molecular weight is 310 g/mol. The lowest BCUT2D eigenvalue weighted by Gasteiger charge is -2.26. The van der Waals surface area contributed by atoms with E-state index in [1.165, 1.54) is 11.3 Å². The Labute approximate surface area is 129 Å². The maximum absolute atomic E-state index is 12.3. The lowest BCUT2D eigenvalue weighted by molar-refractivity contribution is 0.0279. The van der Waals surface area contributed by atoms with E-state index in [1.54, 1.807) is 16.8 Å². The SMILES string of the molecule is CN(C(=O)c1ccsc1)[C@@H]1CCN(C(=O)OC(C)(C)C)C1. The van der Waals surface area contributed by atoms with E-state index in [4.69, 9.17) is 4.74 Å². The van der Waals surface area contributed by atoms with Crippen LogP contribution in [0, 0.1) is 0 Å². The van der Waals surface area contributed by atoms with Crippen molar-refractivity contribution in [2.75, 3.05) is 20.1 Å². The summed E-state index contributed by atoms with van der Waals surface area (Å²) in [7, 11) is 1.79. The van der Waals surface area contributed by atoms with Crippen LogP contribution in [-0.4, -0.2) is 53.6 Å². The van der Waals surface area contributed by atoms with Gasteiger partial charge < -0.3 is 14.5 Å². The highest BCUT2D eigenvalue weighted by molar-refractivity contribution is 7.08. The van der Waals surface area contributed by atoms with Gasteiger partial charge in [0.2, 0.25) is 0 Å². The summed E-state index contributed by atoms with van der Waals surface area (Å²) in [6.07, 6.45) is 0.479. The number of thiophene rings is 1. The molecule has 0 N–H and O–H groups in total. The number of likely N-dealkylation sites (tertiary alicyclic amines) is 1. The first-order valence-electron chi connectivity index (χ1n) is 7.05. The number of ether oxygens (including phenoxy) is 1. The van der Waals surface area contributed by atoms with E-state index in [1.807, 2.05) is 37.6 Å². The Bertz CT molecular complexity index is 507. The summed E-state index contributed by atoms with van der Waals surface area (Å²) < 4.78 is 5.37. The second-order valence-electron chi connectivity index (χ2n) is 6.30. The maximum atomic E-state index is 12.3. The Kier molecular flexibility index (Phi) is 4.56. The molecule has 2 amide bonds. The molecule has 6 heteroatoms. The first kappa shape index (κ1) is 15.8. The first-order valence-corrected chi connectivity index (χ1v) is 7.99. The third kappa shape index (κ3) is 3.97. The molecule has 1 aromatic rings. The van der Waals surface area contributed by atoms with Gasteiger partial charge in [-0.3, -0.25) is 4.79 Å². The van der Waals surface area contributed by atoms with Crippen LogP contribution in [0.1, 0.15) is 37.6 Å². The van der Waals surface area contributed by atoms with Gasteiger partial charge in [-0.2, -0.15) is 11.3 Å². The molecular weight excluding hydrogens is 288 g/mol. The largest absolute Gasteiger partial charge is 0.444 e. The number of carbonyl (C=O) groups excluding carboxylic acids is 2. The number of rotatable bonds is 2. The van der Waals surface area contributed by atoms with Gasteiger partial charge in [0.25, 0.3) is 5.91 Å². The van der Waals surface area contributed by atoms with Gasteiger partial charge in [-0.15, -0.1) is 0 Å². The number of likely N-dealkylation sites (N-methyl/N-ethyl adjacent to an activating group) is 1. The normalized spacial score (nSPS) is 18.7. The lowest BCUT2D eigenvalue weighted by Crippen LogP contribution is -2.41. The van der Waals surface area contributed by atoms with Crippen molar-refractivity contribution in [3.05, 3.63) is 22.4 Å². The second kappa shape index (κ2) is 6.05. The van der Waals surface area contributed by atoms with Gasteiger partial charge in [0, 0.05) is 25.5 Å². The van der Waals surface area contributed by atoms with Crippen molar-refractivity contribution in [3.63, 3.8) is 0 Å². The van der Waals surface area contributed by atoms with E-state index in [0.29, 0.717) is 18.7 Å². The Morgan fingerprint density at radius 1 is 1.43 bits per heavy atom. The Hall–Kier alpha value is -1.56. The summed E-state index contributed by atoms with van der Waals surface area (Å²) in [5.74, 6) is 0.00675. The number of hydrogen-bond acceptors (Lipinski definition) is 4. The van der Waals surface area contributed by atoms with Gasteiger partial charge in [0.05, 0.1) is 11.6 Å². The van der Waals surface area contributed by atoms with Crippen LogP contribution >= 0.6 is 11.3 Å². The molecule has 5 nitrogen and oxygen atoms in total. The molecule has 2 rings (SSSR count). The zero-order valence-electron chi connectivity index (χ0n) is 13.0. The topological polar surface area (TPSA) is 49.9 Å². The molecule has 2 heterocycles. The molecule has 1 saturated heterocycles. The highest BCUT2D eigenvalue weighted by Crippen LogP contribution is 2.20. The lowest BCUT2D eigenvalue weighted by atomic mass is 10.2. The molecule has 0 unspecified atom stereocenters. The molecular formula is C15H22N2O3S. The van der Waals surface area contributed by atoms with E-state index in [2.05, 4.69) is 0 Å². The van der Waals surface area contributed by atoms with Crippen molar-refractivity contribution in [3.8, 4) is 0 Å². The van der Waals surface area contributed by atoms with Gasteiger partial charge in [0.1, 0.15) is 5.60 Å². The van der Waals surface area contributed by atoms with Crippen LogP contribution < -0.4 is 0 Å². The van der Waals surface area contributed by atoms with Crippen molar-refractivity contribution in [1.82, 2.24) is 9.80 Å². The third-order valence-corrected chi connectivity index (χ3v) is 4.13. The van der Waals surface area contributed by atoms with Crippen molar-refractivity contribution in [2.45, 2.75) is 38.8 Å². The standard InChI is InChI=1S/C15H22N2O3S/c1-15(2,3)20-14(19)17-7-5-12(9-17)16(4)13(18)11-6-8-21-10-11/h6,8,10,12H,5,7,9H2,1-4H3/t12-/m1/s1. The zero-order chi connectivity index (χ0) is 15.6. The summed E-state index contributed by atoms with van der Waals surface area (Å²) in [5.41, 5.74) is 0.214. The van der Waals surface area contributed by atoms with Gasteiger partial charge in [-0.25, -0.2) is 4.79 Å². The molecule has 0 aromatic carbocycles. The molecule has 0 aliphatic carbocycles. The fraction of sp³-hybridized carbons (Fsp3) is 0.600. The number of hydrogen-bond donors (Lipinski definition) is 0. The van der Waals surface area contributed by atoms with E-state index in [9.17, 15) is 9.59 Å². The molecule has 1 fully saturated rings. The van der Waals surface area contributed by atoms with Crippen molar-refractivity contribution >= 4 is 23.3 Å². The molecule has 1 aliphatic rings. The molecule has 1 aromatic heterocycles. The maximum Gasteiger partial charge on any atom is 0.410 e. The second-order valence-corrected chi connectivity index (χ2v) is 7.08. The van der Waals surface area contributed by atoms with Crippen LogP contribution in [0.15, 0.2) is 16.8 Å². The van der Waals surface area contributed by atoms with E-state index in [-0.39, 0.29) is 18.0 Å².